The molecule has 0 unspecified atom stereocenters. The van der Waals surface area contributed by atoms with Gasteiger partial charge in [0.05, 0.1) is 0 Å². The highest BCUT2D eigenvalue weighted by atomic mass is 32.2. The zero-order valence-corrected chi connectivity index (χ0v) is 14.5. The first-order valence-corrected chi connectivity index (χ1v) is 9.55. The number of hydrogen-bond donors (Lipinski definition) is 3. The number of halogens is 1. The number of hydrogen-bond acceptors (Lipinski definition) is 6. The molecule has 2 aromatic carbocycles. The number of aromatic hydroxyl groups is 1. The summed E-state index contributed by atoms with van der Waals surface area (Å²) in [5.74, 6) is -2.19. The first-order valence-electron chi connectivity index (χ1n) is 8.11. The monoisotopic (exact) mass is 380 g/mol. The third kappa shape index (κ3) is 2.71. The lowest BCUT2D eigenvalue weighted by Gasteiger charge is -2.29. The van der Waals surface area contributed by atoms with Gasteiger partial charge in [0, 0.05) is 37.3 Å². The molecule has 2 saturated heterocycles. The Morgan fingerprint density at radius 3 is 2.54 bits per heavy atom. The maximum atomic E-state index is 15.2. The Bertz CT molecular complexity index is 1000. The summed E-state index contributed by atoms with van der Waals surface area (Å²) in [6.45, 7) is 2.62. The van der Waals surface area contributed by atoms with E-state index in [1.807, 2.05) is 6.07 Å². The average Bonchev–Trinajstić information content (AvgIpc) is 2.88. The molecule has 0 bridgehead atoms. The number of piperazine rings is 1. The van der Waals surface area contributed by atoms with E-state index in [0.29, 0.717) is 9.69 Å². The van der Waals surface area contributed by atoms with E-state index in [0.717, 1.165) is 31.9 Å². The van der Waals surface area contributed by atoms with Gasteiger partial charge < -0.3 is 15.3 Å². The van der Waals surface area contributed by atoms with Crippen LogP contribution in [0, 0.1) is 5.82 Å². The molecule has 0 saturated carbocycles. The summed E-state index contributed by atoms with van der Waals surface area (Å²) in [4.78, 5) is 13.5. The second-order valence-corrected chi connectivity index (χ2v) is 7.83. The molecule has 26 heavy (non-hydrogen) atoms. The van der Waals surface area contributed by atoms with Crippen molar-refractivity contribution in [2.24, 2.45) is 0 Å². The minimum Gasteiger partial charge on any atom is -0.506 e. The van der Waals surface area contributed by atoms with Crippen molar-refractivity contribution in [2.45, 2.75) is 0 Å². The van der Waals surface area contributed by atoms with Crippen LogP contribution < -0.4 is 19.2 Å². The third-order valence-electron chi connectivity index (χ3n) is 4.57. The largest absolute Gasteiger partial charge is 0.506 e. The molecule has 2 aromatic rings. The maximum absolute atomic E-state index is 15.2. The molecule has 0 radical (unpaired) electrons. The third-order valence-corrected chi connectivity index (χ3v) is 5.95. The van der Waals surface area contributed by atoms with Crippen molar-refractivity contribution in [1.82, 2.24) is 10.0 Å². The zero-order valence-electron chi connectivity index (χ0n) is 13.7. The summed E-state index contributed by atoms with van der Waals surface area (Å²) in [5, 5.41) is 14.0. The molecular weight excluding hydrogens is 363 g/mol. The highest BCUT2D eigenvalue weighted by Crippen LogP contribution is 2.39. The summed E-state index contributed by atoms with van der Waals surface area (Å²) in [6.07, 6.45) is 0. The molecular formula is C16H17FN4O4S. The number of benzene rings is 2. The van der Waals surface area contributed by atoms with Crippen LogP contribution in [0.3, 0.4) is 0 Å². The van der Waals surface area contributed by atoms with E-state index < -0.39 is 39.9 Å². The Hall–Kier alpha value is -2.59. The highest BCUT2D eigenvalue weighted by Gasteiger charge is 2.37. The normalized spacial score (nSPS) is 19.8. The molecule has 0 aromatic heterocycles. The zero-order chi connectivity index (χ0) is 18.5. The lowest BCUT2D eigenvalue weighted by Crippen LogP contribution is -2.43. The van der Waals surface area contributed by atoms with Crippen molar-refractivity contribution in [1.29, 1.82) is 0 Å². The van der Waals surface area contributed by atoms with Crippen LogP contribution in [0.2, 0.25) is 0 Å². The van der Waals surface area contributed by atoms with Gasteiger partial charge in [0.15, 0.2) is 5.82 Å². The Labute approximate surface area is 149 Å². The first kappa shape index (κ1) is 16.9. The van der Waals surface area contributed by atoms with E-state index in [1.165, 1.54) is 6.07 Å². The molecule has 0 aliphatic carbocycles. The SMILES string of the molecule is O=C1CN(c2c(O)cc3ccc(N4CCNCC4)cc3c2F)S(=O)(=O)N1. The smallest absolute Gasteiger partial charge is 0.326 e. The molecule has 0 atom stereocenters. The standard InChI is InChI=1S/C16H17FN4O4S/c17-15-12-8-11(20-5-3-18-4-6-20)2-1-10(12)7-13(22)16(15)21-9-14(23)19-26(21,24)25/h1-2,7-8,18,22H,3-6,9H2,(H,19,23). The van der Waals surface area contributed by atoms with Crippen molar-refractivity contribution < 1.29 is 22.7 Å². The minimum atomic E-state index is -4.22. The van der Waals surface area contributed by atoms with Gasteiger partial charge in [-0.1, -0.05) is 6.07 Å². The molecule has 4 rings (SSSR count). The van der Waals surface area contributed by atoms with E-state index in [4.69, 9.17) is 0 Å². The van der Waals surface area contributed by atoms with Gasteiger partial charge >= 0.3 is 10.2 Å². The molecule has 2 heterocycles. The van der Waals surface area contributed by atoms with Gasteiger partial charge in [-0.2, -0.15) is 8.42 Å². The van der Waals surface area contributed by atoms with E-state index in [2.05, 4.69) is 10.2 Å². The molecule has 0 spiro atoms. The lowest BCUT2D eigenvalue weighted by molar-refractivity contribution is -0.117. The summed E-state index contributed by atoms with van der Waals surface area (Å²) in [7, 11) is -4.22. The number of carbonyl (C=O) groups is 1. The molecule has 2 aliphatic heterocycles. The number of anilines is 2. The van der Waals surface area contributed by atoms with Gasteiger partial charge in [0.25, 0.3) is 5.91 Å². The van der Waals surface area contributed by atoms with E-state index in [-0.39, 0.29) is 5.39 Å². The number of carbonyl (C=O) groups excluding carboxylic acids is 1. The van der Waals surface area contributed by atoms with Gasteiger partial charge in [-0.3, -0.25) is 4.79 Å². The van der Waals surface area contributed by atoms with Crippen LogP contribution in [0.15, 0.2) is 24.3 Å². The number of rotatable bonds is 2. The molecule has 2 fully saturated rings. The average molecular weight is 380 g/mol. The molecule has 1 amide bonds. The fourth-order valence-corrected chi connectivity index (χ4v) is 4.48. The van der Waals surface area contributed by atoms with Gasteiger partial charge in [-0.15, -0.1) is 0 Å². The fraction of sp³-hybridized carbons (Fsp3) is 0.312. The number of nitrogens with zero attached hydrogens (tertiary/aromatic N) is 2. The van der Waals surface area contributed by atoms with Crippen molar-refractivity contribution in [2.75, 3.05) is 41.9 Å². The number of phenols is 1. The van der Waals surface area contributed by atoms with E-state index >= 15 is 4.39 Å². The molecule has 2 aliphatic rings. The predicted molar refractivity (Wildman–Crippen MR) is 95.1 cm³/mol. The van der Waals surface area contributed by atoms with Crippen LogP contribution in [0.4, 0.5) is 15.8 Å². The Morgan fingerprint density at radius 1 is 1.15 bits per heavy atom. The Kier molecular flexibility index (Phi) is 3.88. The Morgan fingerprint density at radius 2 is 1.88 bits per heavy atom. The van der Waals surface area contributed by atoms with Gasteiger partial charge in [0.1, 0.15) is 18.0 Å². The topological polar surface area (TPSA) is 102 Å². The number of fused-ring (bicyclic) bond motifs is 1. The van der Waals surface area contributed by atoms with Crippen molar-refractivity contribution in [3.8, 4) is 5.75 Å². The molecule has 8 nitrogen and oxygen atoms in total. The molecule has 138 valence electrons. The molecule has 3 N–H and O–H groups in total. The van der Waals surface area contributed by atoms with Crippen LogP contribution in [0.25, 0.3) is 10.8 Å². The van der Waals surface area contributed by atoms with Gasteiger partial charge in [-0.25, -0.2) is 13.4 Å². The fourth-order valence-electron chi connectivity index (χ4n) is 3.32. The Balaban J connectivity index is 1.85. The van der Waals surface area contributed by atoms with Crippen LogP contribution in [0.5, 0.6) is 5.75 Å². The number of nitrogens with one attached hydrogen (secondary N) is 2. The van der Waals surface area contributed by atoms with Crippen LogP contribution in [0.1, 0.15) is 0 Å². The molecule has 10 heteroatoms. The minimum absolute atomic E-state index is 0.184. The van der Waals surface area contributed by atoms with Gasteiger partial charge in [-0.05, 0) is 23.6 Å². The van der Waals surface area contributed by atoms with Crippen molar-refractivity contribution >= 4 is 38.3 Å². The van der Waals surface area contributed by atoms with Crippen LogP contribution in [-0.2, 0) is 15.0 Å². The summed E-state index contributed by atoms with van der Waals surface area (Å²) < 4.78 is 41.5. The van der Waals surface area contributed by atoms with E-state index in [1.54, 1.807) is 16.9 Å². The number of phenolic OH excluding ortho intramolecular Hbond substituents is 1. The van der Waals surface area contributed by atoms with Crippen LogP contribution >= 0.6 is 0 Å². The van der Waals surface area contributed by atoms with Crippen molar-refractivity contribution in [3.05, 3.63) is 30.1 Å². The quantitative estimate of drug-likeness (QED) is 0.692. The second kappa shape index (κ2) is 5.99. The summed E-state index contributed by atoms with van der Waals surface area (Å²) >= 11 is 0. The second-order valence-electron chi connectivity index (χ2n) is 6.24. The summed E-state index contributed by atoms with van der Waals surface area (Å²) in [6, 6.07) is 6.45. The first-order chi connectivity index (χ1) is 12.4. The van der Waals surface area contributed by atoms with Crippen LogP contribution in [-0.4, -0.2) is 52.2 Å². The lowest BCUT2D eigenvalue weighted by atomic mass is 10.1. The van der Waals surface area contributed by atoms with Crippen molar-refractivity contribution in [3.63, 3.8) is 0 Å². The maximum Gasteiger partial charge on any atom is 0.326 e. The summed E-state index contributed by atoms with van der Waals surface area (Å²) in [5.41, 5.74) is 0.293. The van der Waals surface area contributed by atoms with Gasteiger partial charge in [0.2, 0.25) is 0 Å². The predicted octanol–water partition coefficient (Wildman–Crippen LogP) is 0.275. The number of amides is 1. The van der Waals surface area contributed by atoms with E-state index in [9.17, 15) is 18.3 Å². The highest BCUT2D eigenvalue weighted by molar-refractivity contribution is 7.92.